The first-order chi connectivity index (χ1) is 7.31. The van der Waals surface area contributed by atoms with Crippen LogP contribution in [0, 0.1) is 17.8 Å². The summed E-state index contributed by atoms with van der Waals surface area (Å²) in [5, 5.41) is 3.38. The number of hydrogen-bond acceptors (Lipinski definition) is 1. The Hall–Kier alpha value is -0.0400. The van der Waals surface area contributed by atoms with Crippen molar-refractivity contribution < 1.29 is 0 Å². The molecule has 0 aromatic carbocycles. The van der Waals surface area contributed by atoms with Crippen LogP contribution in [0.2, 0.25) is 0 Å². The Labute approximate surface area is 96.0 Å². The standard InChI is InChI=1S/C14H29N/c1-4-12(5-2)10-13-8-6-7-9-14(13)11-15-3/h12-15H,4-11H2,1-3H3. The molecule has 0 amide bonds. The third-order valence-electron chi connectivity index (χ3n) is 4.32. The molecule has 0 aromatic heterocycles. The smallest absolute Gasteiger partial charge is 0.00209 e. The summed E-state index contributed by atoms with van der Waals surface area (Å²) >= 11 is 0. The van der Waals surface area contributed by atoms with E-state index >= 15 is 0 Å². The molecular formula is C14H29N. The van der Waals surface area contributed by atoms with Crippen molar-refractivity contribution in [2.45, 2.75) is 58.8 Å². The van der Waals surface area contributed by atoms with Gasteiger partial charge in [0.1, 0.15) is 0 Å². The Bertz CT molecular complexity index is 149. The van der Waals surface area contributed by atoms with Crippen molar-refractivity contribution >= 4 is 0 Å². The molecule has 0 radical (unpaired) electrons. The van der Waals surface area contributed by atoms with E-state index in [9.17, 15) is 0 Å². The monoisotopic (exact) mass is 211 g/mol. The Kier molecular flexibility index (Phi) is 6.31. The van der Waals surface area contributed by atoms with Crippen molar-refractivity contribution in [2.75, 3.05) is 13.6 Å². The molecule has 1 saturated carbocycles. The van der Waals surface area contributed by atoms with Gasteiger partial charge in [0.15, 0.2) is 0 Å². The maximum Gasteiger partial charge on any atom is -0.00209 e. The Morgan fingerprint density at radius 1 is 1.07 bits per heavy atom. The second-order valence-electron chi connectivity index (χ2n) is 5.28. The van der Waals surface area contributed by atoms with Crippen molar-refractivity contribution in [1.82, 2.24) is 5.32 Å². The third kappa shape index (κ3) is 4.14. The minimum Gasteiger partial charge on any atom is -0.319 e. The predicted molar refractivity (Wildman–Crippen MR) is 68.1 cm³/mol. The molecule has 0 saturated heterocycles. The van der Waals surface area contributed by atoms with E-state index in [0.717, 1.165) is 17.8 Å². The minimum absolute atomic E-state index is 0.962. The van der Waals surface area contributed by atoms with E-state index in [1.54, 1.807) is 0 Å². The summed E-state index contributed by atoms with van der Waals surface area (Å²) in [7, 11) is 2.10. The maximum atomic E-state index is 3.38. The van der Waals surface area contributed by atoms with Crippen LogP contribution in [0.4, 0.5) is 0 Å². The first-order valence-corrected chi connectivity index (χ1v) is 6.96. The predicted octanol–water partition coefficient (Wildman–Crippen LogP) is 3.84. The van der Waals surface area contributed by atoms with Crippen LogP contribution in [-0.2, 0) is 0 Å². The van der Waals surface area contributed by atoms with Crippen molar-refractivity contribution in [1.29, 1.82) is 0 Å². The first-order valence-electron chi connectivity index (χ1n) is 6.96. The summed E-state index contributed by atoms with van der Waals surface area (Å²) in [5.41, 5.74) is 0. The molecule has 0 spiro atoms. The highest BCUT2D eigenvalue weighted by atomic mass is 14.8. The lowest BCUT2D eigenvalue weighted by molar-refractivity contribution is 0.189. The lowest BCUT2D eigenvalue weighted by atomic mass is 9.74. The van der Waals surface area contributed by atoms with Crippen molar-refractivity contribution in [2.24, 2.45) is 17.8 Å². The molecule has 2 atom stereocenters. The van der Waals surface area contributed by atoms with Gasteiger partial charge in [0.25, 0.3) is 0 Å². The van der Waals surface area contributed by atoms with Crippen molar-refractivity contribution in [3.8, 4) is 0 Å². The van der Waals surface area contributed by atoms with Crippen LogP contribution in [0.15, 0.2) is 0 Å². The van der Waals surface area contributed by atoms with Gasteiger partial charge in [-0.3, -0.25) is 0 Å². The fourth-order valence-electron chi connectivity index (χ4n) is 3.18. The van der Waals surface area contributed by atoms with Crippen molar-refractivity contribution in [3.05, 3.63) is 0 Å². The summed E-state index contributed by atoms with van der Waals surface area (Å²) < 4.78 is 0. The fraction of sp³-hybridized carbons (Fsp3) is 1.00. The highest BCUT2D eigenvalue weighted by molar-refractivity contribution is 4.78. The topological polar surface area (TPSA) is 12.0 Å². The molecule has 1 rings (SSSR count). The van der Waals surface area contributed by atoms with Crippen LogP contribution in [0.25, 0.3) is 0 Å². The normalized spacial score (nSPS) is 27.2. The zero-order valence-electron chi connectivity index (χ0n) is 10.9. The quantitative estimate of drug-likeness (QED) is 0.704. The summed E-state index contributed by atoms with van der Waals surface area (Å²) in [6.07, 6.45) is 10.1. The highest BCUT2D eigenvalue weighted by Crippen LogP contribution is 2.35. The fourth-order valence-corrected chi connectivity index (χ4v) is 3.18. The lowest BCUT2D eigenvalue weighted by Gasteiger charge is -2.33. The molecule has 1 aliphatic carbocycles. The maximum absolute atomic E-state index is 3.38. The molecule has 0 aliphatic heterocycles. The molecule has 0 bridgehead atoms. The summed E-state index contributed by atoms with van der Waals surface area (Å²) in [4.78, 5) is 0. The van der Waals surface area contributed by atoms with E-state index in [4.69, 9.17) is 0 Å². The van der Waals surface area contributed by atoms with Crippen LogP contribution >= 0.6 is 0 Å². The summed E-state index contributed by atoms with van der Waals surface area (Å²) in [5.74, 6) is 2.95. The highest BCUT2D eigenvalue weighted by Gasteiger charge is 2.25. The van der Waals surface area contributed by atoms with Gasteiger partial charge in [-0.25, -0.2) is 0 Å². The van der Waals surface area contributed by atoms with Crippen molar-refractivity contribution in [3.63, 3.8) is 0 Å². The van der Waals surface area contributed by atoms with E-state index < -0.39 is 0 Å². The average Bonchev–Trinajstić information content (AvgIpc) is 2.28. The molecule has 2 unspecified atom stereocenters. The summed E-state index contributed by atoms with van der Waals surface area (Å²) in [6.45, 7) is 5.94. The second-order valence-corrected chi connectivity index (χ2v) is 5.28. The number of rotatable bonds is 6. The van der Waals surface area contributed by atoms with E-state index in [2.05, 4.69) is 26.2 Å². The van der Waals surface area contributed by atoms with E-state index in [1.807, 2.05) is 0 Å². The Balaban J connectivity index is 2.40. The van der Waals surface area contributed by atoms with Gasteiger partial charge in [0, 0.05) is 0 Å². The van der Waals surface area contributed by atoms with E-state index in [-0.39, 0.29) is 0 Å². The van der Waals surface area contributed by atoms with Crippen LogP contribution in [0.3, 0.4) is 0 Å². The molecule has 1 aliphatic rings. The minimum atomic E-state index is 0.962. The van der Waals surface area contributed by atoms with Crippen LogP contribution in [0.5, 0.6) is 0 Å². The lowest BCUT2D eigenvalue weighted by Crippen LogP contribution is -2.30. The van der Waals surface area contributed by atoms with E-state index in [1.165, 1.54) is 51.5 Å². The van der Waals surface area contributed by atoms with Gasteiger partial charge in [-0.15, -0.1) is 0 Å². The first kappa shape index (κ1) is 13.0. The average molecular weight is 211 g/mol. The molecule has 1 N–H and O–H groups in total. The number of hydrogen-bond donors (Lipinski definition) is 1. The molecule has 1 heteroatoms. The third-order valence-corrected chi connectivity index (χ3v) is 4.32. The van der Waals surface area contributed by atoms with Gasteiger partial charge in [-0.1, -0.05) is 46.0 Å². The molecule has 15 heavy (non-hydrogen) atoms. The van der Waals surface area contributed by atoms with Gasteiger partial charge < -0.3 is 5.32 Å². The largest absolute Gasteiger partial charge is 0.319 e. The molecule has 0 aromatic rings. The molecule has 1 nitrogen and oxygen atoms in total. The second kappa shape index (κ2) is 7.27. The molecule has 1 fully saturated rings. The summed E-state index contributed by atoms with van der Waals surface area (Å²) in [6, 6.07) is 0. The zero-order chi connectivity index (χ0) is 11.1. The Morgan fingerprint density at radius 3 is 2.20 bits per heavy atom. The molecule has 0 heterocycles. The van der Waals surface area contributed by atoms with Crippen LogP contribution in [0.1, 0.15) is 58.8 Å². The van der Waals surface area contributed by atoms with Gasteiger partial charge in [-0.05, 0) is 44.2 Å². The van der Waals surface area contributed by atoms with Gasteiger partial charge in [0.2, 0.25) is 0 Å². The van der Waals surface area contributed by atoms with Crippen LogP contribution in [-0.4, -0.2) is 13.6 Å². The van der Waals surface area contributed by atoms with Crippen LogP contribution < -0.4 is 5.32 Å². The van der Waals surface area contributed by atoms with Gasteiger partial charge in [-0.2, -0.15) is 0 Å². The van der Waals surface area contributed by atoms with Gasteiger partial charge >= 0.3 is 0 Å². The number of nitrogens with one attached hydrogen (secondary N) is 1. The van der Waals surface area contributed by atoms with Gasteiger partial charge in [0.05, 0.1) is 0 Å². The van der Waals surface area contributed by atoms with E-state index in [0.29, 0.717) is 0 Å². The SMILES string of the molecule is CCC(CC)CC1CCCCC1CNC. The molecular weight excluding hydrogens is 182 g/mol. The zero-order valence-corrected chi connectivity index (χ0v) is 10.9. The Morgan fingerprint density at radius 2 is 1.67 bits per heavy atom. The molecule has 90 valence electrons.